The maximum atomic E-state index is 10.5. The third kappa shape index (κ3) is 4.57. The summed E-state index contributed by atoms with van der Waals surface area (Å²) in [4.78, 5) is 3.52. The summed E-state index contributed by atoms with van der Waals surface area (Å²) < 4.78 is 5.47. The predicted octanol–water partition coefficient (Wildman–Crippen LogP) is 3.06. The number of hydrogen-bond donors (Lipinski definition) is 2. The molecule has 0 amide bonds. The van der Waals surface area contributed by atoms with Crippen LogP contribution in [0.3, 0.4) is 0 Å². The minimum absolute atomic E-state index is 0.0321. The van der Waals surface area contributed by atoms with Crippen molar-refractivity contribution < 1.29 is 14.9 Å². The Morgan fingerprint density at radius 3 is 2.75 bits per heavy atom. The maximum absolute atomic E-state index is 10.5. The molecule has 1 aromatic heterocycles. The van der Waals surface area contributed by atoms with Crippen molar-refractivity contribution in [3.05, 3.63) is 52.2 Å². The number of ether oxygens (including phenoxy) is 1. The van der Waals surface area contributed by atoms with Crippen molar-refractivity contribution in [3.63, 3.8) is 0 Å². The van der Waals surface area contributed by atoms with Crippen molar-refractivity contribution in [2.75, 3.05) is 26.3 Å². The number of aliphatic hydroxyl groups excluding tert-OH is 2. The van der Waals surface area contributed by atoms with Gasteiger partial charge in [-0.3, -0.25) is 4.90 Å². The molecule has 0 aliphatic carbocycles. The average molecular weight is 347 g/mol. The molecular weight excluding hydrogens is 322 g/mol. The van der Waals surface area contributed by atoms with Crippen molar-refractivity contribution in [2.24, 2.45) is 5.92 Å². The van der Waals surface area contributed by atoms with E-state index in [9.17, 15) is 5.11 Å². The highest BCUT2D eigenvalue weighted by molar-refractivity contribution is 7.10. The quantitative estimate of drug-likeness (QED) is 0.808. The Bertz CT molecular complexity index is 609. The van der Waals surface area contributed by atoms with E-state index in [1.54, 1.807) is 11.3 Å². The Hall–Kier alpha value is -1.40. The molecule has 0 bridgehead atoms. The second-order valence-electron chi connectivity index (χ2n) is 6.29. The third-order valence-corrected chi connectivity index (χ3v) is 5.52. The lowest BCUT2D eigenvalue weighted by molar-refractivity contribution is 0.0590. The van der Waals surface area contributed by atoms with Gasteiger partial charge in [0.15, 0.2) is 0 Å². The highest BCUT2D eigenvalue weighted by Crippen LogP contribution is 2.33. The number of piperidine rings is 1. The van der Waals surface area contributed by atoms with Crippen LogP contribution in [0.2, 0.25) is 0 Å². The molecule has 0 radical (unpaired) electrons. The van der Waals surface area contributed by atoms with E-state index in [1.165, 1.54) is 5.56 Å². The number of rotatable bonds is 7. The zero-order valence-electron chi connectivity index (χ0n) is 13.8. The van der Waals surface area contributed by atoms with Gasteiger partial charge in [-0.25, -0.2) is 0 Å². The molecule has 2 heterocycles. The molecule has 3 rings (SSSR count). The number of hydrogen-bond acceptors (Lipinski definition) is 5. The van der Waals surface area contributed by atoms with Crippen molar-refractivity contribution in [1.82, 2.24) is 4.90 Å². The minimum Gasteiger partial charge on any atom is -0.491 e. The van der Waals surface area contributed by atoms with Crippen LogP contribution in [0.25, 0.3) is 0 Å². The molecule has 24 heavy (non-hydrogen) atoms. The number of thiophene rings is 1. The van der Waals surface area contributed by atoms with Gasteiger partial charge in [0.1, 0.15) is 12.4 Å². The first kappa shape index (κ1) is 17.4. The molecule has 130 valence electrons. The monoisotopic (exact) mass is 347 g/mol. The smallest absolute Gasteiger partial charge is 0.119 e. The summed E-state index contributed by atoms with van der Waals surface area (Å²) in [6.07, 6.45) is 1.74. The lowest BCUT2D eigenvalue weighted by Gasteiger charge is -2.34. The van der Waals surface area contributed by atoms with Crippen LogP contribution in [0.5, 0.6) is 5.75 Å². The summed E-state index contributed by atoms with van der Waals surface area (Å²) in [5.41, 5.74) is 1.22. The minimum atomic E-state index is -0.317. The molecule has 1 aromatic carbocycles. The van der Waals surface area contributed by atoms with Crippen LogP contribution in [0.4, 0.5) is 0 Å². The van der Waals surface area contributed by atoms with Gasteiger partial charge in [0.25, 0.3) is 0 Å². The van der Waals surface area contributed by atoms with Crippen LogP contribution in [-0.2, 0) is 6.54 Å². The van der Waals surface area contributed by atoms with Crippen LogP contribution < -0.4 is 4.74 Å². The average Bonchev–Trinajstić information content (AvgIpc) is 3.15. The molecule has 1 unspecified atom stereocenters. The van der Waals surface area contributed by atoms with E-state index < -0.39 is 0 Å². The van der Waals surface area contributed by atoms with Crippen molar-refractivity contribution in [1.29, 1.82) is 0 Å². The van der Waals surface area contributed by atoms with E-state index in [-0.39, 0.29) is 12.7 Å². The van der Waals surface area contributed by atoms with Crippen LogP contribution >= 0.6 is 11.3 Å². The summed E-state index contributed by atoms with van der Waals surface area (Å²) in [6, 6.07) is 12.1. The van der Waals surface area contributed by atoms with Crippen molar-refractivity contribution in [3.8, 4) is 5.75 Å². The highest BCUT2D eigenvalue weighted by atomic mass is 32.1. The van der Waals surface area contributed by atoms with E-state index in [1.807, 2.05) is 35.7 Å². The number of aliphatic hydroxyl groups is 2. The molecule has 1 aliphatic heterocycles. The molecule has 2 aromatic rings. The Balaban J connectivity index is 1.50. The molecule has 4 nitrogen and oxygen atoms in total. The molecule has 1 fully saturated rings. The van der Waals surface area contributed by atoms with Gasteiger partial charge in [-0.2, -0.15) is 0 Å². The summed E-state index contributed by atoms with van der Waals surface area (Å²) in [7, 11) is 0. The summed E-state index contributed by atoms with van der Waals surface area (Å²) in [6.45, 7) is 3.28. The molecule has 1 atom stereocenters. The Morgan fingerprint density at radius 2 is 2.04 bits per heavy atom. The summed E-state index contributed by atoms with van der Waals surface area (Å²) in [5, 5.41) is 21.4. The number of likely N-dealkylation sites (tertiary alicyclic amines) is 1. The third-order valence-electron chi connectivity index (χ3n) is 4.58. The van der Waals surface area contributed by atoms with Crippen LogP contribution in [-0.4, -0.2) is 41.4 Å². The topological polar surface area (TPSA) is 52.9 Å². The van der Waals surface area contributed by atoms with Gasteiger partial charge in [-0.15, -0.1) is 11.3 Å². The molecule has 0 spiro atoms. The second-order valence-corrected chi connectivity index (χ2v) is 7.27. The molecule has 2 N–H and O–H groups in total. The van der Waals surface area contributed by atoms with Crippen LogP contribution in [0, 0.1) is 5.92 Å². The van der Waals surface area contributed by atoms with Gasteiger partial charge >= 0.3 is 0 Å². The zero-order valence-corrected chi connectivity index (χ0v) is 14.6. The van der Waals surface area contributed by atoms with E-state index in [2.05, 4.69) is 11.0 Å². The number of nitrogens with zero attached hydrogens (tertiary/aromatic N) is 1. The summed E-state index contributed by atoms with van der Waals surface area (Å²) >= 11 is 1.64. The van der Waals surface area contributed by atoms with Gasteiger partial charge in [-0.05, 0) is 61.0 Å². The van der Waals surface area contributed by atoms with Gasteiger partial charge in [0, 0.05) is 11.4 Å². The highest BCUT2D eigenvalue weighted by Gasteiger charge is 2.26. The van der Waals surface area contributed by atoms with E-state index in [4.69, 9.17) is 9.84 Å². The Morgan fingerprint density at radius 1 is 1.21 bits per heavy atom. The maximum Gasteiger partial charge on any atom is 0.119 e. The molecular formula is C19H25NO3S. The van der Waals surface area contributed by atoms with Crippen molar-refractivity contribution in [2.45, 2.75) is 25.5 Å². The van der Waals surface area contributed by atoms with Crippen LogP contribution in [0.15, 0.2) is 41.8 Å². The fourth-order valence-electron chi connectivity index (χ4n) is 3.27. The first-order valence-corrected chi connectivity index (χ1v) is 9.40. The van der Waals surface area contributed by atoms with Gasteiger partial charge in [-0.1, -0.05) is 18.2 Å². The first-order chi connectivity index (χ1) is 11.8. The lowest BCUT2D eigenvalue weighted by Crippen LogP contribution is -2.35. The van der Waals surface area contributed by atoms with E-state index in [0.29, 0.717) is 12.5 Å². The first-order valence-electron chi connectivity index (χ1n) is 8.52. The molecule has 0 saturated carbocycles. The van der Waals surface area contributed by atoms with E-state index >= 15 is 0 Å². The standard InChI is InChI=1S/C19H25NO3S/c21-10-11-23-17-4-1-3-15(13-17)14-20-8-6-16(7-9-20)19(22)18-5-2-12-24-18/h1-5,12-13,16,19,21-22H,6-11,14H2. The second kappa shape index (κ2) is 8.62. The predicted molar refractivity (Wildman–Crippen MR) is 96.3 cm³/mol. The van der Waals surface area contributed by atoms with Crippen molar-refractivity contribution >= 4 is 11.3 Å². The van der Waals surface area contributed by atoms with Crippen LogP contribution in [0.1, 0.15) is 29.4 Å². The normalized spacial score (nSPS) is 17.8. The fourth-order valence-corrected chi connectivity index (χ4v) is 4.08. The SMILES string of the molecule is OCCOc1cccc(CN2CCC(C(O)c3cccs3)CC2)c1. The largest absolute Gasteiger partial charge is 0.491 e. The summed E-state index contributed by atoms with van der Waals surface area (Å²) in [5.74, 6) is 1.17. The zero-order chi connectivity index (χ0) is 16.8. The fraction of sp³-hybridized carbons (Fsp3) is 0.474. The van der Waals surface area contributed by atoms with Gasteiger partial charge in [0.2, 0.25) is 0 Å². The molecule has 5 heteroatoms. The Kier molecular flexibility index (Phi) is 6.26. The molecule has 1 aliphatic rings. The Labute approximate surface area is 147 Å². The van der Waals surface area contributed by atoms with Gasteiger partial charge < -0.3 is 14.9 Å². The van der Waals surface area contributed by atoms with Gasteiger partial charge in [0.05, 0.1) is 12.7 Å². The molecule has 1 saturated heterocycles. The van der Waals surface area contributed by atoms with E-state index in [0.717, 1.165) is 43.1 Å². The lowest BCUT2D eigenvalue weighted by atomic mass is 9.90. The number of benzene rings is 1.